The molecule has 1 unspecified atom stereocenters. The van der Waals surface area contributed by atoms with Crippen LogP contribution >= 0.6 is 11.3 Å². The van der Waals surface area contributed by atoms with Gasteiger partial charge in [0.15, 0.2) is 5.78 Å². The molecule has 1 atom stereocenters. The van der Waals surface area contributed by atoms with E-state index in [1.165, 1.54) is 27.4 Å². The first-order valence-corrected chi connectivity index (χ1v) is 9.79. The average molecular weight is 350 g/mol. The van der Waals surface area contributed by atoms with Crippen LogP contribution in [0.2, 0.25) is 0 Å². The highest BCUT2D eigenvalue weighted by molar-refractivity contribution is 7.10. The number of carbonyl (C=O) groups excluding carboxylic acids is 1. The molecule has 128 valence electrons. The number of para-hydroxylation sites is 1. The molecule has 0 fully saturated rings. The number of aromatic nitrogens is 1. The van der Waals surface area contributed by atoms with Crippen molar-refractivity contribution >= 4 is 22.8 Å². The number of ketones is 1. The Morgan fingerprint density at radius 1 is 1.20 bits per heavy atom. The van der Waals surface area contributed by atoms with E-state index in [9.17, 15) is 4.79 Å². The molecule has 0 amide bonds. The van der Waals surface area contributed by atoms with Crippen molar-refractivity contribution in [1.82, 2.24) is 4.98 Å². The predicted octanol–water partition coefficient (Wildman–Crippen LogP) is 4.12. The maximum Gasteiger partial charge on any atom is 0.160 e. The molecule has 0 N–H and O–H groups in total. The number of fused-ring (bicyclic) bond motifs is 5. The number of benzene rings is 1. The van der Waals surface area contributed by atoms with Gasteiger partial charge in [0.1, 0.15) is 0 Å². The van der Waals surface area contributed by atoms with Gasteiger partial charge < -0.3 is 4.90 Å². The van der Waals surface area contributed by atoms with Crippen LogP contribution in [-0.4, -0.2) is 24.4 Å². The SMILES string of the molecule is CN1CC2(C3=C(Cc4ncsc42)CC(C)(C)CC3=O)c2ccccc21. The maximum atomic E-state index is 13.4. The van der Waals surface area contributed by atoms with Gasteiger partial charge in [0.2, 0.25) is 0 Å². The minimum absolute atomic E-state index is 0.0503. The first-order valence-electron chi connectivity index (χ1n) is 8.92. The zero-order chi connectivity index (χ0) is 17.4. The van der Waals surface area contributed by atoms with E-state index in [0.717, 1.165) is 25.0 Å². The highest BCUT2D eigenvalue weighted by atomic mass is 32.1. The molecule has 2 heterocycles. The van der Waals surface area contributed by atoms with Crippen LogP contribution in [0.5, 0.6) is 0 Å². The Bertz CT molecular complexity index is 939. The normalized spacial score (nSPS) is 26.7. The second-order valence-electron chi connectivity index (χ2n) is 8.50. The summed E-state index contributed by atoms with van der Waals surface area (Å²) in [7, 11) is 2.14. The fourth-order valence-corrected chi connectivity index (χ4v) is 6.32. The van der Waals surface area contributed by atoms with Crippen molar-refractivity contribution in [2.45, 2.75) is 38.5 Å². The number of hydrogen-bond acceptors (Lipinski definition) is 4. The van der Waals surface area contributed by atoms with Crippen LogP contribution in [0.3, 0.4) is 0 Å². The molecule has 3 aliphatic rings. The number of anilines is 1. The summed E-state index contributed by atoms with van der Waals surface area (Å²) >= 11 is 1.72. The minimum Gasteiger partial charge on any atom is -0.373 e. The third-order valence-electron chi connectivity index (χ3n) is 6.05. The quantitative estimate of drug-likeness (QED) is 0.716. The van der Waals surface area contributed by atoms with Gasteiger partial charge in [0.25, 0.3) is 0 Å². The lowest BCUT2D eigenvalue weighted by atomic mass is 9.60. The third-order valence-corrected chi connectivity index (χ3v) is 7.08. The smallest absolute Gasteiger partial charge is 0.160 e. The monoisotopic (exact) mass is 350 g/mol. The zero-order valence-electron chi connectivity index (χ0n) is 14.9. The van der Waals surface area contributed by atoms with Gasteiger partial charge in [-0.3, -0.25) is 4.79 Å². The molecule has 3 nitrogen and oxygen atoms in total. The Morgan fingerprint density at radius 3 is 2.84 bits per heavy atom. The number of Topliss-reactive ketones (excluding diaryl/α,β-unsaturated/α-hetero) is 1. The molecule has 1 spiro atoms. The third kappa shape index (κ3) is 1.92. The van der Waals surface area contributed by atoms with Gasteiger partial charge in [-0.05, 0) is 23.5 Å². The summed E-state index contributed by atoms with van der Waals surface area (Å²) in [4.78, 5) is 21.6. The maximum absolute atomic E-state index is 13.4. The van der Waals surface area contributed by atoms with Gasteiger partial charge >= 0.3 is 0 Å². The van der Waals surface area contributed by atoms with Crippen LogP contribution < -0.4 is 4.90 Å². The van der Waals surface area contributed by atoms with Gasteiger partial charge in [-0.15, -0.1) is 11.3 Å². The van der Waals surface area contributed by atoms with Crippen LogP contribution in [-0.2, 0) is 16.6 Å². The van der Waals surface area contributed by atoms with Crippen LogP contribution in [0.25, 0.3) is 0 Å². The second-order valence-corrected chi connectivity index (χ2v) is 9.36. The topological polar surface area (TPSA) is 33.2 Å². The molecule has 4 heteroatoms. The Balaban J connectivity index is 1.84. The van der Waals surface area contributed by atoms with Gasteiger partial charge in [0, 0.05) is 42.6 Å². The van der Waals surface area contributed by atoms with Gasteiger partial charge in [0.05, 0.1) is 16.6 Å². The fraction of sp³-hybridized carbons (Fsp3) is 0.429. The lowest BCUT2D eigenvalue weighted by molar-refractivity contribution is -0.118. The second kappa shape index (κ2) is 4.82. The molecular formula is C21H22N2OS. The Kier molecular flexibility index (Phi) is 2.95. The van der Waals surface area contributed by atoms with Crippen LogP contribution in [0.1, 0.15) is 42.8 Å². The van der Waals surface area contributed by atoms with Crippen molar-refractivity contribution < 1.29 is 4.79 Å². The molecule has 0 bridgehead atoms. The summed E-state index contributed by atoms with van der Waals surface area (Å²) < 4.78 is 0. The summed E-state index contributed by atoms with van der Waals surface area (Å²) in [6.45, 7) is 5.27. The standard InChI is InChI=1S/C21H22N2OS/c1-20(2)9-13-8-15-19(25-12-22-15)21(18(13)17(24)10-20)11-23(3)16-7-5-4-6-14(16)21/h4-7,12H,8-11H2,1-3H3. The molecule has 5 rings (SSSR count). The number of likely N-dealkylation sites (N-methyl/N-ethyl adjacent to an activating group) is 1. The van der Waals surface area contributed by atoms with Crippen molar-refractivity contribution in [2.75, 3.05) is 18.5 Å². The highest BCUT2D eigenvalue weighted by Gasteiger charge is 2.54. The van der Waals surface area contributed by atoms with E-state index in [0.29, 0.717) is 12.2 Å². The van der Waals surface area contributed by atoms with E-state index in [-0.39, 0.29) is 10.8 Å². The van der Waals surface area contributed by atoms with Crippen molar-refractivity contribution in [3.63, 3.8) is 0 Å². The average Bonchev–Trinajstić information content (AvgIpc) is 3.11. The van der Waals surface area contributed by atoms with E-state index in [1.54, 1.807) is 11.3 Å². The Morgan fingerprint density at radius 2 is 2.00 bits per heavy atom. The summed E-state index contributed by atoms with van der Waals surface area (Å²) in [5, 5.41) is 0. The van der Waals surface area contributed by atoms with Crippen molar-refractivity contribution in [2.24, 2.45) is 5.41 Å². The number of rotatable bonds is 0. The number of carbonyl (C=O) groups is 1. The number of thiazole rings is 1. The van der Waals surface area contributed by atoms with Crippen LogP contribution in [0, 0.1) is 5.41 Å². The van der Waals surface area contributed by atoms with Crippen molar-refractivity contribution in [3.8, 4) is 0 Å². The van der Waals surface area contributed by atoms with E-state index in [4.69, 9.17) is 4.98 Å². The molecule has 0 radical (unpaired) electrons. The van der Waals surface area contributed by atoms with Gasteiger partial charge in [-0.1, -0.05) is 37.6 Å². The molecule has 0 saturated carbocycles. The first-order chi connectivity index (χ1) is 11.9. The molecule has 1 aliphatic heterocycles. The van der Waals surface area contributed by atoms with E-state index >= 15 is 0 Å². The lowest BCUT2D eigenvalue weighted by Crippen LogP contribution is -2.44. The molecule has 0 saturated heterocycles. The highest BCUT2D eigenvalue weighted by Crippen LogP contribution is 2.57. The van der Waals surface area contributed by atoms with Crippen molar-refractivity contribution in [1.29, 1.82) is 0 Å². The summed E-state index contributed by atoms with van der Waals surface area (Å²) in [5.41, 5.74) is 7.81. The molecule has 2 aliphatic carbocycles. The molecule has 2 aromatic rings. The fourth-order valence-electron chi connectivity index (χ4n) is 5.30. The van der Waals surface area contributed by atoms with E-state index < -0.39 is 0 Å². The molecule has 1 aromatic heterocycles. The molecular weight excluding hydrogens is 328 g/mol. The van der Waals surface area contributed by atoms with E-state index in [2.05, 4.69) is 50.1 Å². The minimum atomic E-state index is -0.316. The van der Waals surface area contributed by atoms with E-state index in [1.807, 2.05) is 5.51 Å². The first kappa shape index (κ1) is 15.3. The van der Waals surface area contributed by atoms with Crippen LogP contribution in [0.4, 0.5) is 5.69 Å². The van der Waals surface area contributed by atoms with Gasteiger partial charge in [-0.2, -0.15) is 0 Å². The number of allylic oxidation sites excluding steroid dienone is 1. The molecule has 25 heavy (non-hydrogen) atoms. The Hall–Kier alpha value is -1.94. The number of hydrogen-bond donors (Lipinski definition) is 0. The number of nitrogens with zero attached hydrogens (tertiary/aromatic N) is 2. The largest absolute Gasteiger partial charge is 0.373 e. The lowest BCUT2D eigenvalue weighted by Gasteiger charge is -2.43. The molecule has 1 aromatic carbocycles. The zero-order valence-corrected chi connectivity index (χ0v) is 15.7. The summed E-state index contributed by atoms with van der Waals surface area (Å²) in [6.07, 6.45) is 2.49. The van der Waals surface area contributed by atoms with Crippen LogP contribution in [0.15, 0.2) is 40.9 Å². The van der Waals surface area contributed by atoms with Gasteiger partial charge in [-0.25, -0.2) is 4.98 Å². The Labute approximate surface area is 152 Å². The summed E-state index contributed by atoms with van der Waals surface area (Å²) in [6, 6.07) is 8.58. The predicted molar refractivity (Wildman–Crippen MR) is 101 cm³/mol. The summed E-state index contributed by atoms with van der Waals surface area (Å²) in [5.74, 6) is 0.343. The van der Waals surface area contributed by atoms with Crippen molar-refractivity contribution in [3.05, 3.63) is 57.1 Å².